The molecule has 0 spiro atoms. The van der Waals surface area contributed by atoms with Crippen molar-refractivity contribution in [3.05, 3.63) is 35.9 Å². The molecule has 1 aromatic carbocycles. The van der Waals surface area contributed by atoms with Crippen molar-refractivity contribution in [1.82, 2.24) is 9.80 Å². The molecule has 0 unspecified atom stereocenters. The molecule has 1 saturated heterocycles. The van der Waals surface area contributed by atoms with E-state index in [0.29, 0.717) is 5.41 Å². The first-order valence-electron chi connectivity index (χ1n) is 6.51. The predicted molar refractivity (Wildman–Crippen MR) is 73.4 cm³/mol. The molecule has 0 saturated carbocycles. The van der Waals surface area contributed by atoms with Gasteiger partial charge in [-0.3, -0.25) is 0 Å². The Balaban J connectivity index is 2.24. The van der Waals surface area contributed by atoms with E-state index < -0.39 is 0 Å². The molecule has 0 radical (unpaired) electrons. The van der Waals surface area contributed by atoms with Gasteiger partial charge >= 0.3 is 0 Å². The van der Waals surface area contributed by atoms with Gasteiger partial charge in [0.2, 0.25) is 0 Å². The highest BCUT2D eigenvalue weighted by Gasteiger charge is 2.35. The van der Waals surface area contributed by atoms with Gasteiger partial charge < -0.3 is 9.80 Å². The molecule has 2 heteroatoms. The molecule has 2 nitrogen and oxygen atoms in total. The summed E-state index contributed by atoms with van der Waals surface area (Å²) in [6.07, 6.45) is 2.54. The number of hydrogen-bond acceptors (Lipinski definition) is 2. The molecule has 0 amide bonds. The fourth-order valence-corrected chi connectivity index (χ4v) is 2.98. The average Bonchev–Trinajstić information content (AvgIpc) is 2.33. The van der Waals surface area contributed by atoms with Crippen molar-refractivity contribution in [1.29, 1.82) is 0 Å². The van der Waals surface area contributed by atoms with Crippen molar-refractivity contribution in [2.24, 2.45) is 0 Å². The third-order valence-corrected chi connectivity index (χ3v) is 3.95. The summed E-state index contributed by atoms with van der Waals surface area (Å²) in [7, 11) is 6.59. The maximum atomic E-state index is 2.44. The third kappa shape index (κ3) is 2.88. The molecule has 1 heterocycles. The summed E-state index contributed by atoms with van der Waals surface area (Å²) in [5.74, 6) is 0. The fourth-order valence-electron chi connectivity index (χ4n) is 2.98. The number of hydrogen-bond donors (Lipinski definition) is 0. The van der Waals surface area contributed by atoms with Crippen LogP contribution in [0, 0.1) is 0 Å². The molecule has 0 aliphatic carbocycles. The maximum Gasteiger partial charge on any atom is 0.0104 e. The first-order valence-corrected chi connectivity index (χ1v) is 6.51. The molecule has 0 atom stereocenters. The lowest BCUT2D eigenvalue weighted by molar-refractivity contribution is 0.154. The molecular weight excluding hydrogens is 208 g/mol. The maximum absolute atomic E-state index is 2.44. The minimum Gasteiger partial charge on any atom is -0.309 e. The van der Waals surface area contributed by atoms with Gasteiger partial charge in [-0.25, -0.2) is 0 Å². The Kier molecular flexibility index (Phi) is 3.85. The van der Waals surface area contributed by atoms with Gasteiger partial charge in [0.25, 0.3) is 0 Å². The van der Waals surface area contributed by atoms with Gasteiger partial charge in [0.05, 0.1) is 0 Å². The first-order chi connectivity index (χ1) is 8.12. The van der Waals surface area contributed by atoms with E-state index in [1.54, 1.807) is 0 Å². The lowest BCUT2D eigenvalue weighted by Gasteiger charge is -2.42. The van der Waals surface area contributed by atoms with Gasteiger partial charge in [0.15, 0.2) is 0 Å². The van der Waals surface area contributed by atoms with Gasteiger partial charge in [-0.05, 0) is 52.6 Å². The summed E-state index contributed by atoms with van der Waals surface area (Å²) < 4.78 is 0. The summed E-state index contributed by atoms with van der Waals surface area (Å²) in [5.41, 5.74) is 1.87. The quantitative estimate of drug-likeness (QED) is 0.788. The summed E-state index contributed by atoms with van der Waals surface area (Å²) >= 11 is 0. The van der Waals surface area contributed by atoms with Gasteiger partial charge in [-0.2, -0.15) is 0 Å². The van der Waals surface area contributed by atoms with Gasteiger partial charge in [0.1, 0.15) is 0 Å². The Morgan fingerprint density at radius 3 is 2.24 bits per heavy atom. The second-order valence-electron chi connectivity index (χ2n) is 5.69. The highest BCUT2D eigenvalue weighted by Crippen LogP contribution is 2.35. The Morgan fingerprint density at radius 1 is 1.12 bits per heavy atom. The number of likely N-dealkylation sites (N-methyl/N-ethyl adjacent to an activating group) is 1. The van der Waals surface area contributed by atoms with E-state index in [4.69, 9.17) is 0 Å². The fraction of sp³-hybridized carbons (Fsp3) is 0.600. The summed E-state index contributed by atoms with van der Waals surface area (Å²) in [5, 5.41) is 0. The van der Waals surface area contributed by atoms with Crippen LogP contribution in [0.3, 0.4) is 0 Å². The van der Waals surface area contributed by atoms with Crippen LogP contribution in [-0.2, 0) is 5.41 Å². The summed E-state index contributed by atoms with van der Waals surface area (Å²) in [4.78, 5) is 4.77. The zero-order valence-electron chi connectivity index (χ0n) is 11.3. The molecule has 1 aliphatic rings. The molecule has 0 bridgehead atoms. The van der Waals surface area contributed by atoms with E-state index in [1.165, 1.54) is 31.5 Å². The largest absolute Gasteiger partial charge is 0.309 e. The van der Waals surface area contributed by atoms with Crippen molar-refractivity contribution < 1.29 is 0 Å². The van der Waals surface area contributed by atoms with Crippen LogP contribution in [0.25, 0.3) is 0 Å². The molecule has 1 aromatic rings. The molecular formula is C15H24N2. The van der Waals surface area contributed by atoms with Crippen molar-refractivity contribution in [2.75, 3.05) is 40.8 Å². The molecule has 0 aromatic heterocycles. The first kappa shape index (κ1) is 12.6. The number of piperidine rings is 1. The second kappa shape index (κ2) is 5.19. The zero-order chi connectivity index (χ0) is 12.3. The molecule has 1 fully saturated rings. The average molecular weight is 232 g/mol. The molecule has 17 heavy (non-hydrogen) atoms. The Morgan fingerprint density at radius 2 is 1.71 bits per heavy atom. The van der Waals surface area contributed by atoms with Crippen LogP contribution in [0.4, 0.5) is 0 Å². The van der Waals surface area contributed by atoms with E-state index in [0.717, 1.165) is 6.54 Å². The second-order valence-corrected chi connectivity index (χ2v) is 5.69. The molecule has 1 aliphatic heterocycles. The van der Waals surface area contributed by atoms with Crippen LogP contribution in [0.5, 0.6) is 0 Å². The van der Waals surface area contributed by atoms with E-state index >= 15 is 0 Å². The minimum absolute atomic E-state index is 0.358. The van der Waals surface area contributed by atoms with E-state index in [-0.39, 0.29) is 0 Å². The highest BCUT2D eigenvalue weighted by atomic mass is 15.1. The normalized spacial score (nSPS) is 20.7. The topological polar surface area (TPSA) is 6.48 Å². The van der Waals surface area contributed by atoms with Crippen LogP contribution in [0.1, 0.15) is 18.4 Å². The molecule has 94 valence electrons. The van der Waals surface area contributed by atoms with Crippen LogP contribution >= 0.6 is 0 Å². The third-order valence-electron chi connectivity index (χ3n) is 3.95. The van der Waals surface area contributed by atoms with Crippen molar-refractivity contribution in [3.63, 3.8) is 0 Å². The smallest absolute Gasteiger partial charge is 0.0104 e. The minimum atomic E-state index is 0.358. The molecule has 2 rings (SSSR count). The van der Waals surface area contributed by atoms with Crippen LogP contribution in [-0.4, -0.2) is 50.6 Å². The lowest BCUT2D eigenvalue weighted by Crippen LogP contribution is -2.46. The standard InChI is InChI=1S/C15H24N2/c1-16(2)13-15(9-11-17(3)12-10-15)14-7-5-4-6-8-14/h4-8H,9-13H2,1-3H3. The lowest BCUT2D eigenvalue weighted by atomic mass is 9.72. The van der Waals surface area contributed by atoms with Gasteiger partial charge in [0, 0.05) is 12.0 Å². The zero-order valence-corrected chi connectivity index (χ0v) is 11.3. The van der Waals surface area contributed by atoms with E-state index in [1.807, 2.05) is 0 Å². The highest BCUT2D eigenvalue weighted by molar-refractivity contribution is 5.27. The van der Waals surface area contributed by atoms with E-state index in [9.17, 15) is 0 Å². The number of rotatable bonds is 3. The van der Waals surface area contributed by atoms with Crippen LogP contribution in [0.15, 0.2) is 30.3 Å². The van der Waals surface area contributed by atoms with Gasteiger partial charge in [-0.15, -0.1) is 0 Å². The number of likely N-dealkylation sites (tertiary alicyclic amines) is 1. The van der Waals surface area contributed by atoms with Crippen molar-refractivity contribution >= 4 is 0 Å². The number of benzene rings is 1. The SMILES string of the molecule is CN(C)CC1(c2ccccc2)CCN(C)CC1. The number of nitrogens with zero attached hydrogens (tertiary/aromatic N) is 2. The van der Waals surface area contributed by atoms with Crippen molar-refractivity contribution in [3.8, 4) is 0 Å². The molecule has 0 N–H and O–H groups in total. The monoisotopic (exact) mass is 232 g/mol. The van der Waals surface area contributed by atoms with Crippen LogP contribution in [0.2, 0.25) is 0 Å². The Bertz CT molecular complexity index is 337. The predicted octanol–water partition coefficient (Wildman–Crippen LogP) is 2.21. The van der Waals surface area contributed by atoms with Crippen LogP contribution < -0.4 is 0 Å². The van der Waals surface area contributed by atoms with Crippen molar-refractivity contribution in [2.45, 2.75) is 18.3 Å². The Hall–Kier alpha value is -0.860. The summed E-state index contributed by atoms with van der Waals surface area (Å²) in [6, 6.07) is 11.1. The van der Waals surface area contributed by atoms with E-state index in [2.05, 4.69) is 61.3 Å². The summed E-state index contributed by atoms with van der Waals surface area (Å²) in [6.45, 7) is 3.58. The Labute approximate surface area is 105 Å². The van der Waals surface area contributed by atoms with Gasteiger partial charge in [-0.1, -0.05) is 30.3 Å².